The van der Waals surface area contributed by atoms with Crippen LogP contribution in [-0.2, 0) is 4.79 Å². The number of carbonyl (C=O) groups is 1. The van der Waals surface area contributed by atoms with Crippen molar-refractivity contribution in [1.29, 1.82) is 0 Å². The molecule has 0 aromatic rings. The molecule has 2 atom stereocenters. The van der Waals surface area contributed by atoms with Crippen LogP contribution in [0.3, 0.4) is 0 Å². The summed E-state index contributed by atoms with van der Waals surface area (Å²) in [7, 11) is 0. The fraction of sp³-hybridized carbons (Fsp3) is 0.917. The highest BCUT2D eigenvalue weighted by molar-refractivity contribution is 5.80. The number of nitrogens with zero attached hydrogens (tertiary/aromatic N) is 1. The Kier molecular flexibility index (Phi) is 2.64. The van der Waals surface area contributed by atoms with Crippen molar-refractivity contribution >= 4 is 5.91 Å². The summed E-state index contributed by atoms with van der Waals surface area (Å²) in [6, 6.07) is 1.86. The van der Waals surface area contributed by atoms with E-state index in [2.05, 4.69) is 22.5 Å². The van der Waals surface area contributed by atoms with Crippen LogP contribution in [0.4, 0.5) is 0 Å². The number of likely N-dealkylation sites (tertiary alicyclic amines) is 1. The quantitative estimate of drug-likeness (QED) is 0.705. The van der Waals surface area contributed by atoms with Gasteiger partial charge in [-0.05, 0) is 26.2 Å². The van der Waals surface area contributed by atoms with Crippen LogP contribution in [0.2, 0.25) is 0 Å². The number of nitrogens with one attached hydrogen (secondary N) is 2. The molecule has 2 saturated heterocycles. The first-order valence-electron chi connectivity index (χ1n) is 6.51. The minimum atomic E-state index is 0.227. The molecule has 0 bridgehead atoms. The van der Waals surface area contributed by atoms with E-state index in [1.807, 2.05) is 0 Å². The SMILES string of the molecule is CC1CC(NC(=O)C2CNC2)CN1C1CC1. The summed E-state index contributed by atoms with van der Waals surface area (Å²) in [6.07, 6.45) is 3.84. The number of amides is 1. The summed E-state index contributed by atoms with van der Waals surface area (Å²) in [5.74, 6) is 0.485. The van der Waals surface area contributed by atoms with Crippen molar-refractivity contribution in [2.45, 2.75) is 44.3 Å². The highest BCUT2D eigenvalue weighted by atomic mass is 16.2. The molecule has 3 aliphatic rings. The van der Waals surface area contributed by atoms with E-state index in [-0.39, 0.29) is 11.8 Å². The molecule has 2 N–H and O–H groups in total. The Labute approximate surface area is 96.8 Å². The molecule has 3 fully saturated rings. The Bertz CT molecular complexity index is 286. The van der Waals surface area contributed by atoms with Crippen molar-refractivity contribution < 1.29 is 4.79 Å². The molecule has 2 aliphatic heterocycles. The van der Waals surface area contributed by atoms with Gasteiger partial charge in [-0.3, -0.25) is 9.69 Å². The molecule has 0 spiro atoms. The standard InChI is InChI=1S/C12H21N3O/c1-8-4-10(7-15(8)11-2-3-11)14-12(16)9-5-13-6-9/h8-11,13H,2-7H2,1H3,(H,14,16). The Morgan fingerprint density at radius 2 is 2.12 bits per heavy atom. The molecule has 4 nitrogen and oxygen atoms in total. The zero-order valence-electron chi connectivity index (χ0n) is 9.91. The van der Waals surface area contributed by atoms with Gasteiger partial charge < -0.3 is 10.6 Å². The lowest BCUT2D eigenvalue weighted by Gasteiger charge is -2.27. The first kappa shape index (κ1) is 10.5. The fourth-order valence-electron chi connectivity index (χ4n) is 2.87. The van der Waals surface area contributed by atoms with Gasteiger partial charge in [-0.25, -0.2) is 0 Å². The van der Waals surface area contributed by atoms with Gasteiger partial charge in [0.25, 0.3) is 0 Å². The molecular weight excluding hydrogens is 202 g/mol. The lowest BCUT2D eigenvalue weighted by molar-refractivity contribution is -0.127. The first-order chi connectivity index (χ1) is 7.74. The lowest BCUT2D eigenvalue weighted by atomic mass is 10.0. The predicted octanol–water partition coefficient (Wildman–Crippen LogP) is -0.0528. The fourth-order valence-corrected chi connectivity index (χ4v) is 2.87. The topological polar surface area (TPSA) is 44.4 Å². The second kappa shape index (κ2) is 4.00. The van der Waals surface area contributed by atoms with Gasteiger partial charge in [0.15, 0.2) is 0 Å². The third kappa shape index (κ3) is 1.96. The van der Waals surface area contributed by atoms with Gasteiger partial charge in [-0.15, -0.1) is 0 Å². The molecule has 1 amide bonds. The van der Waals surface area contributed by atoms with Crippen LogP contribution in [0.1, 0.15) is 26.2 Å². The molecule has 1 aliphatic carbocycles. The number of rotatable bonds is 3. The van der Waals surface area contributed by atoms with E-state index in [1.165, 1.54) is 12.8 Å². The Hall–Kier alpha value is -0.610. The summed E-state index contributed by atoms with van der Waals surface area (Å²) in [4.78, 5) is 14.4. The molecular formula is C12H21N3O. The summed E-state index contributed by atoms with van der Waals surface area (Å²) in [6.45, 7) is 5.08. The maximum atomic E-state index is 11.8. The van der Waals surface area contributed by atoms with Gasteiger partial charge in [0.2, 0.25) is 5.91 Å². The van der Waals surface area contributed by atoms with Gasteiger partial charge in [-0.2, -0.15) is 0 Å². The van der Waals surface area contributed by atoms with Crippen molar-refractivity contribution in [2.75, 3.05) is 19.6 Å². The maximum Gasteiger partial charge on any atom is 0.225 e. The molecule has 0 aromatic carbocycles. The summed E-state index contributed by atoms with van der Waals surface area (Å²) < 4.78 is 0. The van der Waals surface area contributed by atoms with Crippen molar-refractivity contribution in [1.82, 2.24) is 15.5 Å². The van der Waals surface area contributed by atoms with Crippen molar-refractivity contribution in [3.8, 4) is 0 Å². The lowest BCUT2D eigenvalue weighted by Crippen LogP contribution is -2.53. The van der Waals surface area contributed by atoms with Crippen LogP contribution in [0.25, 0.3) is 0 Å². The molecule has 0 aromatic heterocycles. The van der Waals surface area contributed by atoms with E-state index >= 15 is 0 Å². The average molecular weight is 223 g/mol. The van der Waals surface area contributed by atoms with Gasteiger partial charge in [-0.1, -0.05) is 0 Å². The smallest absolute Gasteiger partial charge is 0.225 e. The Balaban J connectivity index is 1.50. The van der Waals surface area contributed by atoms with E-state index in [0.717, 1.165) is 32.1 Å². The van der Waals surface area contributed by atoms with E-state index < -0.39 is 0 Å². The Morgan fingerprint density at radius 1 is 1.38 bits per heavy atom. The zero-order chi connectivity index (χ0) is 11.1. The second-order valence-electron chi connectivity index (χ2n) is 5.57. The van der Waals surface area contributed by atoms with Crippen LogP contribution in [0.5, 0.6) is 0 Å². The first-order valence-corrected chi connectivity index (χ1v) is 6.51. The molecule has 4 heteroatoms. The molecule has 2 heterocycles. The normalized spacial score (nSPS) is 36.1. The van der Waals surface area contributed by atoms with Crippen LogP contribution < -0.4 is 10.6 Å². The van der Waals surface area contributed by atoms with Crippen molar-refractivity contribution in [3.63, 3.8) is 0 Å². The highest BCUT2D eigenvalue weighted by Gasteiger charge is 2.39. The number of carbonyl (C=O) groups excluding carboxylic acids is 1. The van der Waals surface area contributed by atoms with Crippen molar-refractivity contribution in [2.24, 2.45) is 5.92 Å². The Morgan fingerprint density at radius 3 is 2.69 bits per heavy atom. The molecule has 2 unspecified atom stereocenters. The van der Waals surface area contributed by atoms with E-state index in [9.17, 15) is 4.79 Å². The van der Waals surface area contributed by atoms with Crippen LogP contribution in [-0.4, -0.2) is 48.6 Å². The number of hydrogen-bond donors (Lipinski definition) is 2. The number of hydrogen-bond acceptors (Lipinski definition) is 3. The third-order valence-corrected chi connectivity index (χ3v) is 4.14. The maximum absolute atomic E-state index is 11.8. The van der Waals surface area contributed by atoms with Crippen LogP contribution in [0.15, 0.2) is 0 Å². The summed E-state index contributed by atoms with van der Waals surface area (Å²) in [5, 5.41) is 6.34. The minimum Gasteiger partial charge on any atom is -0.352 e. The zero-order valence-corrected chi connectivity index (χ0v) is 9.91. The van der Waals surface area contributed by atoms with Crippen molar-refractivity contribution in [3.05, 3.63) is 0 Å². The molecule has 3 rings (SSSR count). The summed E-state index contributed by atoms with van der Waals surface area (Å²) >= 11 is 0. The van der Waals surface area contributed by atoms with Crippen LogP contribution >= 0.6 is 0 Å². The minimum absolute atomic E-state index is 0.227. The van der Waals surface area contributed by atoms with Gasteiger partial charge >= 0.3 is 0 Å². The largest absolute Gasteiger partial charge is 0.352 e. The highest BCUT2D eigenvalue weighted by Crippen LogP contribution is 2.33. The van der Waals surface area contributed by atoms with E-state index in [1.54, 1.807) is 0 Å². The molecule has 0 radical (unpaired) electrons. The van der Waals surface area contributed by atoms with Gasteiger partial charge in [0, 0.05) is 37.8 Å². The average Bonchev–Trinajstić information content (AvgIpc) is 2.89. The second-order valence-corrected chi connectivity index (χ2v) is 5.57. The van der Waals surface area contributed by atoms with Gasteiger partial charge in [0.1, 0.15) is 0 Å². The monoisotopic (exact) mass is 223 g/mol. The predicted molar refractivity (Wildman–Crippen MR) is 62.1 cm³/mol. The van der Waals surface area contributed by atoms with E-state index in [0.29, 0.717) is 12.1 Å². The van der Waals surface area contributed by atoms with Crippen LogP contribution in [0, 0.1) is 5.92 Å². The van der Waals surface area contributed by atoms with Gasteiger partial charge in [0.05, 0.1) is 5.92 Å². The molecule has 16 heavy (non-hydrogen) atoms. The van der Waals surface area contributed by atoms with E-state index in [4.69, 9.17) is 0 Å². The third-order valence-electron chi connectivity index (χ3n) is 4.14. The molecule has 1 saturated carbocycles. The summed E-state index contributed by atoms with van der Waals surface area (Å²) in [5.41, 5.74) is 0. The molecule has 90 valence electrons.